The van der Waals surface area contributed by atoms with Gasteiger partial charge < -0.3 is 10.1 Å². The molecule has 2 N–H and O–H groups in total. The van der Waals surface area contributed by atoms with Crippen LogP contribution in [0, 0.1) is 5.41 Å². The van der Waals surface area contributed by atoms with E-state index in [1.54, 1.807) is 14.0 Å². The Labute approximate surface area is 114 Å². The Kier molecular flexibility index (Phi) is 8.82. The average molecular weight is 263 g/mol. The third-order valence-electron chi connectivity index (χ3n) is 2.18. The predicted octanol–water partition coefficient (Wildman–Crippen LogP) is 1.81. The standard InChI is InChI=1S/C13H21N5O/c1-10(9-19-5)18-13(16-4)11(2)12(14)8-17-7-6-15-3/h6-8,10,14,18H,3-4,9H2,1-2,5H3/b7-6-,13-11+,14-12?,17-8+/t10-/m1/s1. The Morgan fingerprint density at radius 1 is 1.42 bits per heavy atom. The minimum Gasteiger partial charge on any atom is -0.383 e. The molecule has 0 unspecified atom stereocenters. The van der Waals surface area contributed by atoms with Crippen LogP contribution in [0.3, 0.4) is 0 Å². The molecule has 6 nitrogen and oxygen atoms in total. The number of hydrogen-bond acceptors (Lipinski definition) is 6. The maximum Gasteiger partial charge on any atom is 0.130 e. The number of allylic oxidation sites excluding steroid dienone is 1. The summed E-state index contributed by atoms with van der Waals surface area (Å²) in [4.78, 5) is 11.3. The molecular weight excluding hydrogens is 242 g/mol. The van der Waals surface area contributed by atoms with Gasteiger partial charge in [0, 0.05) is 31.1 Å². The Bertz CT molecular complexity index is 409. The van der Waals surface area contributed by atoms with E-state index in [4.69, 9.17) is 10.1 Å². The van der Waals surface area contributed by atoms with Crippen molar-refractivity contribution in [1.82, 2.24) is 5.32 Å². The molecule has 19 heavy (non-hydrogen) atoms. The van der Waals surface area contributed by atoms with E-state index in [0.29, 0.717) is 18.0 Å². The summed E-state index contributed by atoms with van der Waals surface area (Å²) in [7, 11) is 1.63. The van der Waals surface area contributed by atoms with Crippen LogP contribution in [0.15, 0.2) is 38.8 Å². The minimum atomic E-state index is 0.0788. The van der Waals surface area contributed by atoms with Gasteiger partial charge in [-0.25, -0.2) is 4.99 Å². The normalized spacial score (nSPS) is 14.3. The van der Waals surface area contributed by atoms with Crippen LogP contribution >= 0.6 is 0 Å². The lowest BCUT2D eigenvalue weighted by atomic mass is 10.2. The number of rotatable bonds is 9. The van der Waals surface area contributed by atoms with Crippen molar-refractivity contribution in [2.45, 2.75) is 19.9 Å². The van der Waals surface area contributed by atoms with Gasteiger partial charge in [0.1, 0.15) is 5.82 Å². The van der Waals surface area contributed by atoms with Gasteiger partial charge in [-0.2, -0.15) is 0 Å². The van der Waals surface area contributed by atoms with Crippen molar-refractivity contribution in [2.24, 2.45) is 15.0 Å². The van der Waals surface area contributed by atoms with Crippen LogP contribution in [-0.4, -0.2) is 45.1 Å². The van der Waals surface area contributed by atoms with E-state index in [1.165, 1.54) is 18.6 Å². The van der Waals surface area contributed by atoms with Crippen LogP contribution in [0.4, 0.5) is 0 Å². The van der Waals surface area contributed by atoms with Crippen LogP contribution < -0.4 is 5.32 Å². The summed E-state index contributed by atoms with van der Waals surface area (Å²) in [6.07, 6.45) is 4.30. The summed E-state index contributed by atoms with van der Waals surface area (Å²) in [6.45, 7) is 11.1. The Morgan fingerprint density at radius 2 is 2.11 bits per heavy atom. The number of ether oxygens (including phenoxy) is 1. The molecule has 0 aromatic carbocycles. The second-order valence-electron chi connectivity index (χ2n) is 3.81. The van der Waals surface area contributed by atoms with Crippen molar-refractivity contribution in [2.75, 3.05) is 13.7 Å². The fourth-order valence-electron chi connectivity index (χ4n) is 1.23. The lowest BCUT2D eigenvalue weighted by Gasteiger charge is -2.16. The lowest BCUT2D eigenvalue weighted by molar-refractivity contribution is 0.176. The first kappa shape index (κ1) is 16.9. The van der Waals surface area contributed by atoms with Crippen LogP contribution in [-0.2, 0) is 4.74 Å². The number of aliphatic imine (C=N–C) groups is 3. The second kappa shape index (κ2) is 9.90. The molecule has 6 heteroatoms. The van der Waals surface area contributed by atoms with E-state index in [9.17, 15) is 0 Å². The molecule has 0 aliphatic heterocycles. The highest BCUT2D eigenvalue weighted by atomic mass is 16.5. The van der Waals surface area contributed by atoms with E-state index in [0.717, 1.165) is 0 Å². The molecule has 0 amide bonds. The van der Waals surface area contributed by atoms with Gasteiger partial charge in [0.05, 0.1) is 18.5 Å². The van der Waals surface area contributed by atoms with E-state index < -0.39 is 0 Å². The molecule has 0 rings (SSSR count). The first-order valence-electron chi connectivity index (χ1n) is 5.72. The van der Waals surface area contributed by atoms with Crippen LogP contribution in [0.2, 0.25) is 0 Å². The minimum absolute atomic E-state index is 0.0788. The van der Waals surface area contributed by atoms with Gasteiger partial charge in [0.25, 0.3) is 0 Å². The molecule has 0 saturated carbocycles. The molecule has 1 atom stereocenters. The summed E-state index contributed by atoms with van der Waals surface area (Å²) >= 11 is 0. The van der Waals surface area contributed by atoms with Gasteiger partial charge >= 0.3 is 0 Å². The van der Waals surface area contributed by atoms with Crippen LogP contribution in [0.5, 0.6) is 0 Å². The summed E-state index contributed by atoms with van der Waals surface area (Å²) in [6, 6.07) is 0.0788. The molecule has 0 aliphatic carbocycles. The maximum absolute atomic E-state index is 7.86. The highest BCUT2D eigenvalue weighted by molar-refractivity contribution is 6.36. The molecule has 0 saturated heterocycles. The number of hydrogen-bond donors (Lipinski definition) is 2. The molecule has 104 valence electrons. The smallest absolute Gasteiger partial charge is 0.130 e. The maximum atomic E-state index is 7.86. The second-order valence-corrected chi connectivity index (χ2v) is 3.81. The Morgan fingerprint density at radius 3 is 2.63 bits per heavy atom. The van der Waals surface area contributed by atoms with Gasteiger partial charge in [-0.1, -0.05) is 0 Å². The van der Waals surface area contributed by atoms with Gasteiger partial charge in [-0.05, 0) is 27.3 Å². The van der Waals surface area contributed by atoms with Crippen molar-refractivity contribution >= 4 is 25.4 Å². The van der Waals surface area contributed by atoms with Gasteiger partial charge in [0.2, 0.25) is 0 Å². The summed E-state index contributed by atoms with van der Waals surface area (Å²) < 4.78 is 5.03. The van der Waals surface area contributed by atoms with Crippen molar-refractivity contribution in [1.29, 1.82) is 5.41 Å². The average Bonchev–Trinajstić information content (AvgIpc) is 2.40. The van der Waals surface area contributed by atoms with E-state index in [-0.39, 0.29) is 11.8 Å². The first-order chi connectivity index (χ1) is 9.06. The molecule has 0 spiro atoms. The van der Waals surface area contributed by atoms with Crippen LogP contribution in [0.25, 0.3) is 0 Å². The Balaban J connectivity index is 4.80. The summed E-state index contributed by atoms with van der Waals surface area (Å²) in [5.74, 6) is 0.548. The van der Waals surface area contributed by atoms with Crippen molar-refractivity contribution in [3.8, 4) is 0 Å². The zero-order chi connectivity index (χ0) is 14.7. The van der Waals surface area contributed by atoms with Crippen LogP contribution in [0.1, 0.15) is 13.8 Å². The quantitative estimate of drug-likeness (QED) is 0.622. The molecule has 0 aromatic rings. The SMILES string of the molecule is C=N/C=C\N=C\C(=N)/C(C)=C(\N=C)N[C@H](C)COC. The number of nitrogens with zero attached hydrogens (tertiary/aromatic N) is 3. The highest BCUT2D eigenvalue weighted by Gasteiger charge is 2.08. The first-order valence-corrected chi connectivity index (χ1v) is 5.72. The lowest BCUT2D eigenvalue weighted by Crippen LogP contribution is -2.30. The zero-order valence-electron chi connectivity index (χ0n) is 11.7. The third kappa shape index (κ3) is 7.05. The monoisotopic (exact) mass is 263 g/mol. The molecule has 0 aromatic heterocycles. The van der Waals surface area contributed by atoms with Gasteiger partial charge in [-0.3, -0.25) is 15.4 Å². The van der Waals surface area contributed by atoms with E-state index >= 15 is 0 Å². The van der Waals surface area contributed by atoms with E-state index in [2.05, 4.69) is 33.7 Å². The molecule has 0 heterocycles. The predicted molar refractivity (Wildman–Crippen MR) is 81.6 cm³/mol. The number of methoxy groups -OCH3 is 1. The zero-order valence-corrected chi connectivity index (χ0v) is 11.7. The Hall–Kier alpha value is -2.08. The summed E-state index contributed by atoms with van der Waals surface area (Å²) in [5, 5.41) is 11.0. The van der Waals surface area contributed by atoms with Gasteiger partial charge in [0.15, 0.2) is 0 Å². The fourth-order valence-corrected chi connectivity index (χ4v) is 1.23. The number of nitrogens with one attached hydrogen (secondary N) is 2. The van der Waals surface area contributed by atoms with Crippen molar-refractivity contribution < 1.29 is 4.74 Å². The largest absolute Gasteiger partial charge is 0.383 e. The molecule has 0 radical (unpaired) electrons. The molecule has 0 fully saturated rings. The van der Waals surface area contributed by atoms with Gasteiger partial charge in [-0.15, -0.1) is 0 Å². The molecular formula is C13H21N5O. The molecule has 0 bridgehead atoms. The topological polar surface area (TPSA) is 82.2 Å². The third-order valence-corrected chi connectivity index (χ3v) is 2.18. The fraction of sp³-hybridized carbons (Fsp3) is 0.385. The van der Waals surface area contributed by atoms with Crippen molar-refractivity contribution in [3.05, 3.63) is 23.8 Å². The molecule has 0 aliphatic rings. The van der Waals surface area contributed by atoms with Crippen molar-refractivity contribution in [3.63, 3.8) is 0 Å². The highest BCUT2D eigenvalue weighted by Crippen LogP contribution is 2.04. The summed E-state index contributed by atoms with van der Waals surface area (Å²) in [5.41, 5.74) is 0.898. The van der Waals surface area contributed by atoms with E-state index in [1.807, 2.05) is 6.92 Å².